The summed E-state index contributed by atoms with van der Waals surface area (Å²) in [4.78, 5) is 24.0. The van der Waals surface area contributed by atoms with E-state index in [1.54, 1.807) is 20.8 Å². The third kappa shape index (κ3) is 4.23. The fourth-order valence-electron chi connectivity index (χ4n) is 0.992. The second kappa shape index (κ2) is 6.37. The number of carbonyl (C=O) groups is 2. The van der Waals surface area contributed by atoms with Gasteiger partial charge in [0.2, 0.25) is 0 Å². The molecule has 0 aromatic heterocycles. The molecule has 0 rings (SSSR count). The molecule has 2 amide bonds. The second-order valence-corrected chi connectivity index (χ2v) is 3.24. The smallest absolute Gasteiger partial charge is 0.311 e. The van der Waals surface area contributed by atoms with Crippen molar-refractivity contribution in [2.45, 2.75) is 26.8 Å². The second-order valence-electron chi connectivity index (χ2n) is 3.24. The summed E-state index contributed by atoms with van der Waals surface area (Å²) in [6, 6.07) is -0.0562. The first kappa shape index (κ1) is 12.9. The van der Waals surface area contributed by atoms with Crippen LogP contribution < -0.4 is 5.32 Å². The Morgan fingerprint density at radius 1 is 1.43 bits per heavy atom. The number of rotatable bonds is 4. The highest BCUT2D eigenvalue weighted by molar-refractivity contribution is 6.35. The zero-order valence-electron chi connectivity index (χ0n) is 8.91. The lowest BCUT2D eigenvalue weighted by Crippen LogP contribution is -2.45. The van der Waals surface area contributed by atoms with E-state index < -0.39 is 11.8 Å². The van der Waals surface area contributed by atoms with E-state index >= 15 is 0 Å². The number of likely N-dealkylation sites (N-methyl/N-ethyl adjacent to an activating group) is 1. The third-order valence-electron chi connectivity index (χ3n) is 1.65. The van der Waals surface area contributed by atoms with Gasteiger partial charge in [0.05, 0.1) is 6.61 Å². The van der Waals surface area contributed by atoms with Gasteiger partial charge in [0, 0.05) is 19.1 Å². The molecule has 0 bridgehead atoms. The van der Waals surface area contributed by atoms with Gasteiger partial charge in [-0.3, -0.25) is 9.59 Å². The maximum Gasteiger partial charge on any atom is 0.311 e. The highest BCUT2D eigenvalue weighted by atomic mass is 16.3. The molecule has 0 spiro atoms. The van der Waals surface area contributed by atoms with Crippen LogP contribution in [0.15, 0.2) is 0 Å². The SMILES string of the molecule is CCN(CCO)C(=O)C(=O)NC(C)C. The Hall–Kier alpha value is -1.10. The summed E-state index contributed by atoms with van der Waals surface area (Å²) in [7, 11) is 0. The van der Waals surface area contributed by atoms with Gasteiger partial charge >= 0.3 is 11.8 Å². The van der Waals surface area contributed by atoms with Crippen LogP contribution in [0.3, 0.4) is 0 Å². The minimum Gasteiger partial charge on any atom is -0.395 e. The average molecular weight is 202 g/mol. The van der Waals surface area contributed by atoms with Crippen molar-refractivity contribution in [3.63, 3.8) is 0 Å². The lowest BCUT2D eigenvalue weighted by atomic mass is 10.3. The summed E-state index contributed by atoms with van der Waals surface area (Å²) in [5.41, 5.74) is 0. The van der Waals surface area contributed by atoms with Crippen molar-refractivity contribution in [2.75, 3.05) is 19.7 Å². The van der Waals surface area contributed by atoms with Crippen LogP contribution in [-0.2, 0) is 9.59 Å². The molecule has 82 valence electrons. The van der Waals surface area contributed by atoms with Gasteiger partial charge in [-0.25, -0.2) is 0 Å². The van der Waals surface area contributed by atoms with E-state index in [1.165, 1.54) is 4.90 Å². The van der Waals surface area contributed by atoms with Crippen LogP contribution in [0.4, 0.5) is 0 Å². The lowest BCUT2D eigenvalue weighted by molar-refractivity contribution is -0.146. The van der Waals surface area contributed by atoms with Crippen LogP contribution in [0.2, 0.25) is 0 Å². The van der Waals surface area contributed by atoms with E-state index in [1.807, 2.05) is 0 Å². The van der Waals surface area contributed by atoms with Crippen molar-refractivity contribution in [1.82, 2.24) is 10.2 Å². The summed E-state index contributed by atoms with van der Waals surface area (Å²) in [5.74, 6) is -1.20. The van der Waals surface area contributed by atoms with Crippen molar-refractivity contribution in [3.8, 4) is 0 Å². The molecule has 2 N–H and O–H groups in total. The molecule has 0 saturated heterocycles. The molecule has 14 heavy (non-hydrogen) atoms. The summed E-state index contributed by atoms with van der Waals surface area (Å²) in [5, 5.41) is 11.2. The quantitative estimate of drug-likeness (QED) is 0.595. The van der Waals surface area contributed by atoms with E-state index in [0.29, 0.717) is 6.54 Å². The summed E-state index contributed by atoms with van der Waals surface area (Å²) in [6.07, 6.45) is 0. The number of aliphatic hydroxyl groups excluding tert-OH is 1. The van der Waals surface area contributed by atoms with Crippen molar-refractivity contribution in [3.05, 3.63) is 0 Å². The zero-order chi connectivity index (χ0) is 11.1. The Bertz CT molecular complexity index is 204. The van der Waals surface area contributed by atoms with Gasteiger partial charge in [-0.15, -0.1) is 0 Å². The molecule has 0 saturated carbocycles. The van der Waals surface area contributed by atoms with E-state index in [4.69, 9.17) is 5.11 Å². The van der Waals surface area contributed by atoms with Crippen LogP contribution in [-0.4, -0.2) is 47.6 Å². The van der Waals surface area contributed by atoms with Crippen LogP contribution in [0.25, 0.3) is 0 Å². The Balaban J connectivity index is 4.20. The molecule has 0 aliphatic rings. The fourth-order valence-corrected chi connectivity index (χ4v) is 0.992. The van der Waals surface area contributed by atoms with Gasteiger partial charge in [0.25, 0.3) is 0 Å². The minimum absolute atomic E-state index is 0.0562. The molecule has 0 atom stereocenters. The number of amides is 2. The van der Waals surface area contributed by atoms with Crippen LogP contribution in [0.5, 0.6) is 0 Å². The first-order valence-corrected chi connectivity index (χ1v) is 4.73. The first-order chi connectivity index (χ1) is 6.52. The molecule has 0 aliphatic carbocycles. The van der Waals surface area contributed by atoms with Gasteiger partial charge in [0.15, 0.2) is 0 Å². The van der Waals surface area contributed by atoms with Crippen LogP contribution >= 0.6 is 0 Å². The fraction of sp³-hybridized carbons (Fsp3) is 0.778. The van der Waals surface area contributed by atoms with Gasteiger partial charge in [0.1, 0.15) is 0 Å². The molecule has 5 heteroatoms. The molecule has 0 aromatic rings. The standard InChI is InChI=1S/C9H18N2O3/c1-4-11(5-6-12)9(14)8(13)10-7(2)3/h7,12H,4-6H2,1-3H3,(H,10,13). The Labute approximate surface area is 84.1 Å². The van der Waals surface area contributed by atoms with Crippen molar-refractivity contribution in [2.24, 2.45) is 0 Å². The number of nitrogens with zero attached hydrogens (tertiary/aromatic N) is 1. The Morgan fingerprint density at radius 2 is 2.00 bits per heavy atom. The number of nitrogens with one attached hydrogen (secondary N) is 1. The monoisotopic (exact) mass is 202 g/mol. The molecular formula is C9H18N2O3. The highest BCUT2D eigenvalue weighted by Crippen LogP contribution is 1.90. The van der Waals surface area contributed by atoms with E-state index in [-0.39, 0.29) is 19.2 Å². The van der Waals surface area contributed by atoms with E-state index in [9.17, 15) is 9.59 Å². The molecule has 0 fully saturated rings. The van der Waals surface area contributed by atoms with Crippen molar-refractivity contribution in [1.29, 1.82) is 0 Å². The minimum atomic E-state index is -0.615. The predicted molar refractivity (Wildman–Crippen MR) is 52.6 cm³/mol. The first-order valence-electron chi connectivity index (χ1n) is 4.73. The van der Waals surface area contributed by atoms with Crippen LogP contribution in [0.1, 0.15) is 20.8 Å². The number of carbonyl (C=O) groups excluding carboxylic acids is 2. The molecule has 0 aliphatic heterocycles. The van der Waals surface area contributed by atoms with Crippen LogP contribution in [0, 0.1) is 0 Å². The maximum absolute atomic E-state index is 11.4. The zero-order valence-corrected chi connectivity index (χ0v) is 8.91. The Morgan fingerprint density at radius 3 is 2.36 bits per heavy atom. The van der Waals surface area contributed by atoms with Crippen molar-refractivity contribution < 1.29 is 14.7 Å². The van der Waals surface area contributed by atoms with Gasteiger partial charge < -0.3 is 15.3 Å². The van der Waals surface area contributed by atoms with Gasteiger partial charge in [-0.05, 0) is 20.8 Å². The topological polar surface area (TPSA) is 69.6 Å². The summed E-state index contributed by atoms with van der Waals surface area (Å²) >= 11 is 0. The number of aliphatic hydroxyl groups is 1. The Kier molecular flexibility index (Phi) is 5.87. The van der Waals surface area contributed by atoms with E-state index in [0.717, 1.165) is 0 Å². The van der Waals surface area contributed by atoms with Crippen molar-refractivity contribution >= 4 is 11.8 Å². The normalized spacial score (nSPS) is 10.1. The predicted octanol–water partition coefficient (Wildman–Crippen LogP) is -0.648. The third-order valence-corrected chi connectivity index (χ3v) is 1.65. The highest BCUT2D eigenvalue weighted by Gasteiger charge is 2.20. The summed E-state index contributed by atoms with van der Waals surface area (Å²) in [6.45, 7) is 5.82. The molecule has 5 nitrogen and oxygen atoms in total. The molecule has 0 heterocycles. The molecule has 0 unspecified atom stereocenters. The molecule has 0 aromatic carbocycles. The largest absolute Gasteiger partial charge is 0.395 e. The molecule has 0 radical (unpaired) electrons. The summed E-state index contributed by atoms with van der Waals surface area (Å²) < 4.78 is 0. The average Bonchev–Trinajstić information content (AvgIpc) is 2.12. The molecular weight excluding hydrogens is 184 g/mol. The lowest BCUT2D eigenvalue weighted by Gasteiger charge is -2.19. The van der Waals surface area contributed by atoms with Gasteiger partial charge in [-0.2, -0.15) is 0 Å². The van der Waals surface area contributed by atoms with E-state index in [2.05, 4.69) is 5.32 Å². The van der Waals surface area contributed by atoms with Gasteiger partial charge in [-0.1, -0.05) is 0 Å². The number of hydrogen-bond donors (Lipinski definition) is 2. The maximum atomic E-state index is 11.4. The number of hydrogen-bond acceptors (Lipinski definition) is 3.